The zero-order chi connectivity index (χ0) is 14.5. The molecule has 2 atom stereocenters. The Kier molecular flexibility index (Phi) is 5.61. The summed E-state index contributed by atoms with van der Waals surface area (Å²) in [6.45, 7) is 6.95. The second kappa shape index (κ2) is 6.23. The van der Waals surface area contributed by atoms with Crippen LogP contribution in [0.1, 0.15) is 34.1 Å². The van der Waals surface area contributed by atoms with E-state index in [9.17, 15) is 14.4 Å². The van der Waals surface area contributed by atoms with Gasteiger partial charge in [0.2, 0.25) is 5.91 Å². The van der Waals surface area contributed by atoms with Gasteiger partial charge in [-0.1, -0.05) is 20.8 Å². The predicted octanol–water partition coefficient (Wildman–Crippen LogP) is 0.0488. The summed E-state index contributed by atoms with van der Waals surface area (Å²) in [5.41, 5.74) is 4.50. The van der Waals surface area contributed by atoms with Crippen LogP contribution < -0.4 is 16.4 Å². The van der Waals surface area contributed by atoms with E-state index in [2.05, 4.69) is 10.6 Å². The molecule has 0 aromatic heterocycles. The molecule has 7 heteroatoms. The van der Waals surface area contributed by atoms with Gasteiger partial charge in [-0.25, -0.2) is 4.79 Å². The number of primary amides is 1. The Morgan fingerprint density at radius 1 is 1.22 bits per heavy atom. The molecule has 0 aromatic rings. The maximum Gasteiger partial charge on any atom is 0.312 e. The van der Waals surface area contributed by atoms with Crippen molar-refractivity contribution >= 4 is 17.9 Å². The SMILES string of the molecule is CC(NC(N)=O)C(=O)NC(CC(=O)O)C(C)(C)C. The number of nitrogens with one attached hydrogen (secondary N) is 2. The fourth-order valence-electron chi connectivity index (χ4n) is 1.32. The Morgan fingerprint density at radius 2 is 1.72 bits per heavy atom. The number of carbonyl (C=O) groups excluding carboxylic acids is 2. The van der Waals surface area contributed by atoms with Crippen molar-refractivity contribution < 1.29 is 19.5 Å². The molecule has 7 nitrogen and oxygen atoms in total. The van der Waals surface area contributed by atoms with E-state index in [0.717, 1.165) is 0 Å². The topological polar surface area (TPSA) is 122 Å². The summed E-state index contributed by atoms with van der Waals surface area (Å²) >= 11 is 0. The summed E-state index contributed by atoms with van der Waals surface area (Å²) in [5, 5.41) is 13.6. The lowest BCUT2D eigenvalue weighted by Gasteiger charge is -2.31. The van der Waals surface area contributed by atoms with Crippen molar-refractivity contribution in [1.29, 1.82) is 0 Å². The quantitative estimate of drug-likeness (QED) is 0.557. The first-order chi connectivity index (χ1) is 8.04. The summed E-state index contributed by atoms with van der Waals surface area (Å²) in [5.74, 6) is -1.46. The van der Waals surface area contributed by atoms with Crippen molar-refractivity contribution in [3.8, 4) is 0 Å². The van der Waals surface area contributed by atoms with E-state index in [1.807, 2.05) is 20.8 Å². The Bertz CT molecular complexity index is 336. The highest BCUT2D eigenvalue weighted by Gasteiger charge is 2.29. The van der Waals surface area contributed by atoms with Crippen LogP contribution in [0, 0.1) is 5.41 Å². The van der Waals surface area contributed by atoms with E-state index in [-0.39, 0.29) is 6.42 Å². The van der Waals surface area contributed by atoms with E-state index in [1.165, 1.54) is 6.92 Å². The number of carboxylic acid groups (broad SMARTS) is 1. The van der Waals surface area contributed by atoms with Crippen molar-refractivity contribution in [1.82, 2.24) is 10.6 Å². The van der Waals surface area contributed by atoms with E-state index in [4.69, 9.17) is 10.8 Å². The van der Waals surface area contributed by atoms with Gasteiger partial charge in [-0.15, -0.1) is 0 Å². The number of rotatable bonds is 5. The maximum absolute atomic E-state index is 11.7. The van der Waals surface area contributed by atoms with E-state index in [0.29, 0.717) is 0 Å². The fourth-order valence-corrected chi connectivity index (χ4v) is 1.32. The van der Waals surface area contributed by atoms with E-state index >= 15 is 0 Å². The molecular formula is C11H21N3O4. The lowest BCUT2D eigenvalue weighted by Crippen LogP contribution is -2.53. The van der Waals surface area contributed by atoms with Crippen molar-refractivity contribution in [2.24, 2.45) is 11.1 Å². The molecule has 0 saturated carbocycles. The van der Waals surface area contributed by atoms with Gasteiger partial charge >= 0.3 is 12.0 Å². The highest BCUT2D eigenvalue weighted by atomic mass is 16.4. The van der Waals surface area contributed by atoms with Gasteiger partial charge in [-0.05, 0) is 12.3 Å². The first kappa shape index (κ1) is 16.2. The van der Waals surface area contributed by atoms with Crippen LogP contribution in [-0.2, 0) is 9.59 Å². The second-order valence-corrected chi connectivity index (χ2v) is 5.26. The molecule has 0 aliphatic carbocycles. The zero-order valence-electron chi connectivity index (χ0n) is 11.1. The van der Waals surface area contributed by atoms with Gasteiger partial charge in [0.1, 0.15) is 6.04 Å². The third-order valence-corrected chi connectivity index (χ3v) is 2.49. The Balaban J connectivity index is 4.63. The minimum Gasteiger partial charge on any atom is -0.481 e. The molecule has 0 saturated heterocycles. The number of nitrogens with two attached hydrogens (primary N) is 1. The normalized spacial score (nSPS) is 14.4. The summed E-state index contributed by atoms with van der Waals surface area (Å²) in [6, 6.07) is -2.14. The lowest BCUT2D eigenvalue weighted by atomic mass is 9.84. The van der Waals surface area contributed by atoms with Crippen LogP contribution in [0.3, 0.4) is 0 Å². The van der Waals surface area contributed by atoms with E-state index in [1.54, 1.807) is 0 Å². The lowest BCUT2D eigenvalue weighted by molar-refractivity contribution is -0.138. The molecule has 18 heavy (non-hydrogen) atoms. The first-order valence-corrected chi connectivity index (χ1v) is 5.62. The van der Waals surface area contributed by atoms with Crippen molar-refractivity contribution in [3.05, 3.63) is 0 Å². The van der Waals surface area contributed by atoms with Crippen LogP contribution >= 0.6 is 0 Å². The third-order valence-electron chi connectivity index (χ3n) is 2.49. The standard InChI is InChI=1S/C11H21N3O4/c1-6(13-10(12)18)9(17)14-7(5-8(15)16)11(2,3)4/h6-7H,5H2,1-4H3,(H,14,17)(H,15,16)(H3,12,13,18). The largest absolute Gasteiger partial charge is 0.481 e. The second-order valence-electron chi connectivity index (χ2n) is 5.26. The molecule has 104 valence electrons. The molecule has 0 bridgehead atoms. The molecular weight excluding hydrogens is 238 g/mol. The van der Waals surface area contributed by atoms with Gasteiger partial charge in [-0.3, -0.25) is 9.59 Å². The monoisotopic (exact) mass is 259 g/mol. The molecule has 2 unspecified atom stereocenters. The van der Waals surface area contributed by atoms with Gasteiger partial charge in [0, 0.05) is 6.04 Å². The third kappa shape index (κ3) is 6.07. The molecule has 0 spiro atoms. The van der Waals surface area contributed by atoms with Crippen molar-refractivity contribution in [2.75, 3.05) is 0 Å². The number of hydrogen-bond donors (Lipinski definition) is 4. The van der Waals surface area contributed by atoms with Crippen LogP contribution in [-0.4, -0.2) is 35.1 Å². The number of carbonyl (C=O) groups is 3. The van der Waals surface area contributed by atoms with Crippen LogP contribution in [0.2, 0.25) is 0 Å². The molecule has 0 radical (unpaired) electrons. The molecule has 3 amide bonds. The molecule has 0 aliphatic rings. The Morgan fingerprint density at radius 3 is 2.06 bits per heavy atom. The predicted molar refractivity (Wildman–Crippen MR) is 65.8 cm³/mol. The Hall–Kier alpha value is -1.79. The van der Waals surface area contributed by atoms with Gasteiger partial charge in [0.15, 0.2) is 0 Å². The minimum atomic E-state index is -0.995. The van der Waals surface area contributed by atoms with Gasteiger partial charge in [0.05, 0.1) is 6.42 Å². The van der Waals surface area contributed by atoms with E-state index < -0.39 is 35.4 Å². The summed E-state index contributed by atoms with van der Waals surface area (Å²) in [6.07, 6.45) is -0.182. The van der Waals surface area contributed by atoms with Crippen molar-refractivity contribution in [2.45, 2.75) is 46.2 Å². The molecule has 0 aliphatic heterocycles. The summed E-state index contributed by atoms with van der Waals surface area (Å²) < 4.78 is 0. The maximum atomic E-state index is 11.7. The number of urea groups is 1. The first-order valence-electron chi connectivity index (χ1n) is 5.62. The fraction of sp³-hybridized carbons (Fsp3) is 0.727. The van der Waals surface area contributed by atoms with Gasteiger partial charge in [0.25, 0.3) is 0 Å². The van der Waals surface area contributed by atoms with Crippen LogP contribution in [0.25, 0.3) is 0 Å². The molecule has 0 fully saturated rings. The molecule has 0 heterocycles. The summed E-state index contributed by atoms with van der Waals surface area (Å²) in [7, 11) is 0. The molecule has 0 aromatic carbocycles. The average Bonchev–Trinajstić information content (AvgIpc) is 2.13. The van der Waals surface area contributed by atoms with Crippen LogP contribution in [0.15, 0.2) is 0 Å². The molecule has 0 rings (SSSR count). The number of aliphatic carboxylic acids is 1. The van der Waals surface area contributed by atoms with Crippen LogP contribution in [0.5, 0.6) is 0 Å². The average molecular weight is 259 g/mol. The van der Waals surface area contributed by atoms with Gasteiger partial charge in [-0.2, -0.15) is 0 Å². The Labute approximate surface area is 106 Å². The summed E-state index contributed by atoms with van der Waals surface area (Å²) in [4.78, 5) is 33.1. The smallest absolute Gasteiger partial charge is 0.312 e. The minimum absolute atomic E-state index is 0.182. The van der Waals surface area contributed by atoms with Gasteiger partial charge < -0.3 is 21.5 Å². The molecule has 5 N–H and O–H groups in total. The van der Waals surface area contributed by atoms with Crippen molar-refractivity contribution in [3.63, 3.8) is 0 Å². The zero-order valence-corrected chi connectivity index (χ0v) is 11.1. The van der Waals surface area contributed by atoms with Crippen LogP contribution in [0.4, 0.5) is 4.79 Å². The number of carboxylic acids is 1. The highest BCUT2D eigenvalue weighted by Crippen LogP contribution is 2.21. The number of hydrogen-bond acceptors (Lipinski definition) is 3. The highest BCUT2D eigenvalue weighted by molar-refractivity contribution is 5.86. The number of amides is 3.